The van der Waals surface area contributed by atoms with Crippen molar-refractivity contribution in [3.63, 3.8) is 0 Å². The second-order valence-electron chi connectivity index (χ2n) is 5.18. The number of rotatable bonds is 3. The lowest BCUT2D eigenvalue weighted by Crippen LogP contribution is -2.24. The van der Waals surface area contributed by atoms with Gasteiger partial charge in [-0.25, -0.2) is 9.97 Å². The highest BCUT2D eigenvalue weighted by atomic mass is 32.2. The zero-order chi connectivity index (χ0) is 17.2. The van der Waals surface area contributed by atoms with Crippen molar-refractivity contribution in [2.75, 3.05) is 4.31 Å². The van der Waals surface area contributed by atoms with Gasteiger partial charge in [0, 0.05) is 17.8 Å². The van der Waals surface area contributed by atoms with Crippen molar-refractivity contribution >= 4 is 17.2 Å². The molecule has 8 heteroatoms. The summed E-state index contributed by atoms with van der Waals surface area (Å²) in [6, 6.07) is 14.5. The van der Waals surface area contributed by atoms with Crippen LogP contribution in [0.25, 0.3) is 0 Å². The predicted octanol–water partition coefficient (Wildman–Crippen LogP) is 2.58. The third-order valence-corrected chi connectivity index (χ3v) is 5.10. The van der Waals surface area contributed by atoms with Crippen LogP contribution < -0.4 is 9.04 Å². The monoisotopic (exact) mass is 349 g/mol. The number of aromatic nitrogens is 3. The number of fused-ring (bicyclic) bond motifs is 1. The predicted molar refractivity (Wildman–Crippen MR) is 90.1 cm³/mol. The minimum atomic E-state index is -1.31. The van der Waals surface area contributed by atoms with E-state index in [1.54, 1.807) is 28.7 Å². The SMILES string of the molecule is N#Cc1ccc(Oc2nccc(N3Cc4ccccc4[S+]3[O-])n2)cn1. The molecule has 1 atom stereocenters. The van der Waals surface area contributed by atoms with Crippen LogP contribution >= 0.6 is 0 Å². The number of nitriles is 1. The molecule has 122 valence electrons. The Labute approximate surface area is 146 Å². The lowest BCUT2D eigenvalue weighted by molar-refractivity contribution is 0.440. The Morgan fingerprint density at radius 3 is 2.80 bits per heavy atom. The minimum Gasteiger partial charge on any atom is -0.588 e. The van der Waals surface area contributed by atoms with E-state index in [0.29, 0.717) is 23.8 Å². The summed E-state index contributed by atoms with van der Waals surface area (Å²) in [5, 5.41) is 8.76. The fourth-order valence-corrected chi connectivity index (χ4v) is 3.75. The highest BCUT2D eigenvalue weighted by Crippen LogP contribution is 2.33. The van der Waals surface area contributed by atoms with Crippen molar-refractivity contribution in [3.8, 4) is 17.8 Å². The molecule has 0 N–H and O–H groups in total. The van der Waals surface area contributed by atoms with Gasteiger partial charge >= 0.3 is 6.01 Å². The molecule has 0 spiro atoms. The Balaban J connectivity index is 1.57. The first-order valence-corrected chi connectivity index (χ1v) is 8.49. The van der Waals surface area contributed by atoms with Gasteiger partial charge in [0.2, 0.25) is 0 Å². The lowest BCUT2D eigenvalue weighted by atomic mass is 10.2. The highest BCUT2D eigenvalue weighted by molar-refractivity contribution is 7.93. The van der Waals surface area contributed by atoms with Crippen LogP contribution in [-0.2, 0) is 17.9 Å². The fraction of sp³-hybridized carbons (Fsp3) is 0.0588. The Morgan fingerprint density at radius 1 is 1.16 bits per heavy atom. The molecule has 0 amide bonds. The first kappa shape index (κ1) is 15.4. The quantitative estimate of drug-likeness (QED) is 0.670. The van der Waals surface area contributed by atoms with Gasteiger partial charge in [0.25, 0.3) is 0 Å². The van der Waals surface area contributed by atoms with E-state index in [1.165, 1.54) is 6.20 Å². The Bertz CT molecular complexity index is 958. The van der Waals surface area contributed by atoms with Gasteiger partial charge in [-0.3, -0.25) is 0 Å². The molecule has 4 rings (SSSR count). The summed E-state index contributed by atoms with van der Waals surface area (Å²) < 4.78 is 19.9. The fourth-order valence-electron chi connectivity index (χ4n) is 2.43. The normalized spacial score (nSPS) is 15.5. The molecule has 0 saturated heterocycles. The second kappa shape index (κ2) is 6.39. The second-order valence-corrected chi connectivity index (χ2v) is 6.56. The topological polar surface area (TPSA) is 98.0 Å². The van der Waals surface area contributed by atoms with E-state index in [0.717, 1.165) is 10.5 Å². The molecule has 2 aromatic heterocycles. The molecule has 3 heterocycles. The number of anilines is 1. The van der Waals surface area contributed by atoms with Crippen molar-refractivity contribution in [1.82, 2.24) is 15.0 Å². The molecule has 0 saturated carbocycles. The zero-order valence-corrected chi connectivity index (χ0v) is 13.7. The van der Waals surface area contributed by atoms with Crippen LogP contribution in [0.5, 0.6) is 11.8 Å². The summed E-state index contributed by atoms with van der Waals surface area (Å²) in [7, 11) is 0. The molecule has 25 heavy (non-hydrogen) atoms. The van der Waals surface area contributed by atoms with Crippen LogP contribution in [0.15, 0.2) is 59.8 Å². The molecule has 1 aliphatic heterocycles. The van der Waals surface area contributed by atoms with Crippen LogP contribution in [0, 0.1) is 11.3 Å². The number of hydrogen-bond acceptors (Lipinski definition) is 7. The van der Waals surface area contributed by atoms with Crippen LogP contribution in [0.4, 0.5) is 5.82 Å². The lowest BCUT2D eigenvalue weighted by Gasteiger charge is -2.17. The van der Waals surface area contributed by atoms with Crippen LogP contribution in [0.3, 0.4) is 0 Å². The van der Waals surface area contributed by atoms with E-state index >= 15 is 0 Å². The van der Waals surface area contributed by atoms with E-state index < -0.39 is 11.4 Å². The van der Waals surface area contributed by atoms with Gasteiger partial charge in [0.05, 0.1) is 12.7 Å². The van der Waals surface area contributed by atoms with Gasteiger partial charge in [0.1, 0.15) is 28.9 Å². The van der Waals surface area contributed by atoms with E-state index in [4.69, 9.17) is 10.00 Å². The first-order chi connectivity index (χ1) is 12.2. The van der Waals surface area contributed by atoms with Crippen molar-refractivity contribution in [2.45, 2.75) is 11.4 Å². The number of hydrogen-bond donors (Lipinski definition) is 0. The smallest absolute Gasteiger partial charge is 0.324 e. The maximum absolute atomic E-state index is 12.6. The van der Waals surface area contributed by atoms with Gasteiger partial charge in [0.15, 0.2) is 10.7 Å². The largest absolute Gasteiger partial charge is 0.588 e. The molecule has 0 fully saturated rings. The van der Waals surface area contributed by atoms with Gasteiger partial charge in [-0.05, 0) is 18.2 Å². The minimum absolute atomic E-state index is 0.122. The number of nitrogens with zero attached hydrogens (tertiary/aromatic N) is 5. The van der Waals surface area contributed by atoms with Crippen LogP contribution in [0.2, 0.25) is 0 Å². The summed E-state index contributed by atoms with van der Waals surface area (Å²) in [6.45, 7) is 0.512. The van der Waals surface area contributed by atoms with Crippen LogP contribution in [-0.4, -0.2) is 19.5 Å². The zero-order valence-electron chi connectivity index (χ0n) is 12.9. The molecule has 0 bridgehead atoms. The third-order valence-electron chi connectivity index (χ3n) is 3.61. The maximum atomic E-state index is 12.6. The van der Waals surface area contributed by atoms with E-state index in [9.17, 15) is 4.55 Å². The Morgan fingerprint density at radius 2 is 2.04 bits per heavy atom. The molecule has 1 aromatic carbocycles. The summed E-state index contributed by atoms with van der Waals surface area (Å²) in [4.78, 5) is 13.1. The van der Waals surface area contributed by atoms with E-state index in [-0.39, 0.29) is 6.01 Å². The number of benzene rings is 1. The molecule has 0 aliphatic carbocycles. The summed E-state index contributed by atoms with van der Waals surface area (Å²) in [6.07, 6.45) is 2.98. The van der Waals surface area contributed by atoms with Crippen molar-refractivity contribution in [3.05, 3.63) is 66.1 Å². The molecule has 1 unspecified atom stereocenters. The molecular weight excluding hydrogens is 338 g/mol. The molecule has 1 aliphatic rings. The van der Waals surface area contributed by atoms with Crippen molar-refractivity contribution in [2.24, 2.45) is 0 Å². The summed E-state index contributed by atoms with van der Waals surface area (Å²) in [5.74, 6) is 0.933. The average molecular weight is 349 g/mol. The van der Waals surface area contributed by atoms with Gasteiger partial charge in [-0.1, -0.05) is 18.2 Å². The van der Waals surface area contributed by atoms with E-state index in [1.807, 2.05) is 30.3 Å². The number of pyridine rings is 1. The van der Waals surface area contributed by atoms with Gasteiger partial charge in [-0.15, -0.1) is 0 Å². The molecule has 7 nitrogen and oxygen atoms in total. The summed E-state index contributed by atoms with van der Waals surface area (Å²) in [5.41, 5.74) is 1.31. The van der Waals surface area contributed by atoms with Gasteiger partial charge < -0.3 is 9.29 Å². The number of ether oxygens (including phenoxy) is 1. The molecular formula is C17H11N5O2S. The standard InChI is InChI=1S/C17H11N5O2S/c18-9-13-5-6-14(10-20-13)24-17-19-8-7-16(21-17)22-11-12-3-1-2-4-15(12)25(22)23/h1-8,10H,11H2. The first-order valence-electron chi connectivity index (χ1n) is 7.39. The van der Waals surface area contributed by atoms with Gasteiger partial charge in [-0.2, -0.15) is 14.6 Å². The van der Waals surface area contributed by atoms with Crippen molar-refractivity contribution < 1.29 is 9.29 Å². The third kappa shape index (κ3) is 2.98. The van der Waals surface area contributed by atoms with Crippen LogP contribution in [0.1, 0.15) is 11.3 Å². The maximum Gasteiger partial charge on any atom is 0.324 e. The summed E-state index contributed by atoms with van der Waals surface area (Å²) >= 11 is -1.31. The molecule has 0 radical (unpaired) electrons. The average Bonchev–Trinajstić information content (AvgIpc) is 3.00. The highest BCUT2D eigenvalue weighted by Gasteiger charge is 2.35. The molecule has 3 aromatic rings. The van der Waals surface area contributed by atoms with E-state index in [2.05, 4.69) is 15.0 Å². The van der Waals surface area contributed by atoms with Crippen molar-refractivity contribution in [1.29, 1.82) is 5.26 Å². The Hall–Kier alpha value is -3.15. The Kier molecular flexibility index (Phi) is 3.93.